The number of carbonyl (C=O) groups is 2. The lowest BCUT2D eigenvalue weighted by Crippen LogP contribution is -2.45. The molecular weight excluding hydrogens is 545 g/mol. The van der Waals surface area contributed by atoms with Crippen LogP contribution in [0.2, 0.25) is 5.02 Å². The zero-order chi connectivity index (χ0) is 28.2. The highest BCUT2D eigenvalue weighted by Gasteiger charge is 2.26. The van der Waals surface area contributed by atoms with Gasteiger partial charge in [-0.05, 0) is 56.0 Å². The number of halogens is 2. The van der Waals surface area contributed by atoms with Gasteiger partial charge < -0.3 is 24.7 Å². The van der Waals surface area contributed by atoms with E-state index < -0.39 is 17.8 Å². The van der Waals surface area contributed by atoms with E-state index in [9.17, 15) is 14.0 Å². The maximum atomic E-state index is 13.4. The third-order valence-corrected chi connectivity index (χ3v) is 7.77. The van der Waals surface area contributed by atoms with E-state index in [1.807, 2.05) is 11.8 Å². The van der Waals surface area contributed by atoms with Crippen LogP contribution >= 0.6 is 23.4 Å². The van der Waals surface area contributed by atoms with E-state index in [0.29, 0.717) is 30.6 Å². The van der Waals surface area contributed by atoms with Gasteiger partial charge in [-0.1, -0.05) is 41.6 Å². The first-order valence-corrected chi connectivity index (χ1v) is 14.1. The SMILES string of the molecule is CN(C1=Nc2ccccc2CS1)C1CCN(CCCCOc2ccc(Cl)c(F)c2)CC1.O=C(O)C=CC(=O)O. The number of likely N-dealkylation sites (tertiary alicyclic amines) is 1. The van der Waals surface area contributed by atoms with Gasteiger partial charge in [-0.25, -0.2) is 19.0 Å². The molecule has 0 amide bonds. The number of piperidine rings is 1. The minimum Gasteiger partial charge on any atom is -0.493 e. The highest BCUT2D eigenvalue weighted by atomic mass is 35.5. The van der Waals surface area contributed by atoms with Crippen molar-refractivity contribution in [1.82, 2.24) is 9.80 Å². The Labute approximate surface area is 237 Å². The molecule has 11 heteroatoms. The molecule has 0 unspecified atom stereocenters. The van der Waals surface area contributed by atoms with E-state index in [0.717, 1.165) is 61.9 Å². The number of carboxylic acids is 2. The zero-order valence-electron chi connectivity index (χ0n) is 21.8. The van der Waals surface area contributed by atoms with Gasteiger partial charge in [0, 0.05) is 50.2 Å². The van der Waals surface area contributed by atoms with Crippen molar-refractivity contribution in [3.05, 3.63) is 71.0 Å². The van der Waals surface area contributed by atoms with Gasteiger partial charge in [0.2, 0.25) is 0 Å². The van der Waals surface area contributed by atoms with Crippen LogP contribution in [0, 0.1) is 5.82 Å². The fourth-order valence-corrected chi connectivity index (χ4v) is 5.39. The normalized spacial score (nSPS) is 15.6. The molecule has 0 spiro atoms. The van der Waals surface area contributed by atoms with Gasteiger partial charge in [0.1, 0.15) is 11.6 Å². The summed E-state index contributed by atoms with van der Waals surface area (Å²) in [5, 5.41) is 16.9. The van der Waals surface area contributed by atoms with Crippen LogP contribution < -0.4 is 4.74 Å². The minimum atomic E-state index is -1.26. The fraction of sp³-hybridized carbons (Fsp3) is 0.393. The number of amidine groups is 1. The topological polar surface area (TPSA) is 103 Å². The first-order chi connectivity index (χ1) is 18.7. The number of aliphatic imine (C=N–C) groups is 1. The van der Waals surface area contributed by atoms with Crippen LogP contribution in [0.4, 0.5) is 10.1 Å². The first-order valence-electron chi connectivity index (χ1n) is 12.7. The number of nitrogens with zero attached hydrogens (tertiary/aromatic N) is 3. The number of para-hydroxylation sites is 1. The lowest BCUT2D eigenvalue weighted by molar-refractivity contribution is -0.134. The van der Waals surface area contributed by atoms with Crippen LogP contribution in [-0.4, -0.2) is 76.4 Å². The van der Waals surface area contributed by atoms with Gasteiger partial charge in [0.25, 0.3) is 0 Å². The molecule has 2 aromatic carbocycles. The standard InChI is InChI=1S/C24H29ClFN3OS.C4H4O4/c1-28(24-27-23-7-3-2-6-18(23)17-31-24)19-10-13-29(14-11-19)12-4-5-15-30-20-8-9-21(25)22(26)16-20;5-3(6)1-2-4(7)8/h2-3,6-9,16,19H,4-5,10-15,17H2,1H3;1-2H,(H,5,6)(H,7,8). The van der Waals surface area contributed by atoms with Gasteiger partial charge in [-0.2, -0.15) is 0 Å². The van der Waals surface area contributed by atoms with Crippen molar-refractivity contribution < 1.29 is 28.9 Å². The average Bonchev–Trinajstić information content (AvgIpc) is 2.93. The lowest BCUT2D eigenvalue weighted by Gasteiger charge is -2.38. The van der Waals surface area contributed by atoms with E-state index in [-0.39, 0.29) is 5.02 Å². The Morgan fingerprint density at radius 3 is 2.51 bits per heavy atom. The van der Waals surface area contributed by atoms with E-state index in [4.69, 9.17) is 31.5 Å². The third-order valence-electron chi connectivity index (χ3n) is 6.37. The largest absolute Gasteiger partial charge is 0.493 e. The second kappa shape index (κ2) is 15.5. The average molecular weight is 578 g/mol. The number of unbranched alkanes of at least 4 members (excludes halogenated alkanes) is 1. The Morgan fingerprint density at radius 1 is 1.15 bits per heavy atom. The van der Waals surface area contributed by atoms with Crippen LogP contribution in [0.15, 0.2) is 59.6 Å². The highest BCUT2D eigenvalue weighted by molar-refractivity contribution is 8.13. The van der Waals surface area contributed by atoms with E-state index >= 15 is 0 Å². The highest BCUT2D eigenvalue weighted by Crippen LogP contribution is 2.33. The lowest BCUT2D eigenvalue weighted by atomic mass is 10.0. The monoisotopic (exact) mass is 577 g/mol. The molecule has 0 atom stereocenters. The summed E-state index contributed by atoms with van der Waals surface area (Å²) in [5.74, 6) is -1.41. The van der Waals surface area contributed by atoms with Crippen molar-refractivity contribution in [2.45, 2.75) is 37.5 Å². The number of hydrogen-bond donors (Lipinski definition) is 2. The summed E-state index contributed by atoms with van der Waals surface area (Å²) in [6, 6.07) is 13.6. The van der Waals surface area contributed by atoms with E-state index in [1.165, 1.54) is 17.7 Å². The van der Waals surface area contributed by atoms with Crippen molar-refractivity contribution in [2.75, 3.05) is 33.3 Å². The van der Waals surface area contributed by atoms with Crippen LogP contribution in [0.5, 0.6) is 5.75 Å². The second-order valence-corrected chi connectivity index (χ2v) is 10.5. The molecule has 8 nitrogen and oxygen atoms in total. The molecule has 0 aromatic heterocycles. The number of thioether (sulfide) groups is 1. The Balaban J connectivity index is 0.000000459. The van der Waals surface area contributed by atoms with Gasteiger partial charge in [-0.15, -0.1) is 0 Å². The molecule has 2 N–H and O–H groups in total. The summed E-state index contributed by atoms with van der Waals surface area (Å²) in [7, 11) is 2.19. The quantitative estimate of drug-likeness (QED) is 0.290. The van der Waals surface area contributed by atoms with E-state index in [2.05, 4.69) is 41.1 Å². The molecule has 1 fully saturated rings. The maximum absolute atomic E-state index is 13.4. The van der Waals surface area contributed by atoms with Crippen LogP contribution in [0.1, 0.15) is 31.2 Å². The third kappa shape index (κ3) is 10.2. The molecule has 2 heterocycles. The maximum Gasteiger partial charge on any atom is 0.328 e. The molecule has 0 radical (unpaired) electrons. The molecule has 4 rings (SSSR count). The molecule has 2 aliphatic heterocycles. The Hall–Kier alpha value is -3.08. The van der Waals surface area contributed by atoms with Crippen molar-refractivity contribution in [2.24, 2.45) is 4.99 Å². The van der Waals surface area contributed by atoms with Gasteiger partial charge in [0.15, 0.2) is 5.17 Å². The first kappa shape index (κ1) is 30.5. The summed E-state index contributed by atoms with van der Waals surface area (Å²) in [6.07, 6.45) is 5.48. The molecule has 39 heavy (non-hydrogen) atoms. The molecule has 2 aliphatic rings. The van der Waals surface area contributed by atoms with Gasteiger partial charge in [0.05, 0.1) is 17.3 Å². The summed E-state index contributed by atoms with van der Waals surface area (Å²) in [5.41, 5.74) is 2.44. The molecule has 0 bridgehead atoms. The predicted molar refractivity (Wildman–Crippen MR) is 153 cm³/mol. The predicted octanol–water partition coefficient (Wildman–Crippen LogP) is 5.68. The molecule has 2 aromatic rings. The number of benzene rings is 2. The zero-order valence-corrected chi connectivity index (χ0v) is 23.3. The van der Waals surface area contributed by atoms with Crippen LogP contribution in [0.3, 0.4) is 0 Å². The van der Waals surface area contributed by atoms with E-state index in [1.54, 1.807) is 6.07 Å². The van der Waals surface area contributed by atoms with Crippen LogP contribution in [0.25, 0.3) is 0 Å². The van der Waals surface area contributed by atoms with Gasteiger partial charge >= 0.3 is 11.9 Å². The van der Waals surface area contributed by atoms with Crippen molar-refractivity contribution in [1.29, 1.82) is 0 Å². The fourth-order valence-electron chi connectivity index (χ4n) is 4.22. The van der Waals surface area contributed by atoms with Crippen molar-refractivity contribution >= 4 is 46.2 Å². The van der Waals surface area contributed by atoms with Crippen molar-refractivity contribution in [3.8, 4) is 5.75 Å². The summed E-state index contributed by atoms with van der Waals surface area (Å²) in [4.78, 5) is 28.9. The molecule has 0 aliphatic carbocycles. The molecule has 0 saturated carbocycles. The number of aliphatic carboxylic acids is 2. The summed E-state index contributed by atoms with van der Waals surface area (Å²) in [6.45, 7) is 3.91. The molecule has 1 saturated heterocycles. The van der Waals surface area contributed by atoms with Crippen molar-refractivity contribution in [3.63, 3.8) is 0 Å². The number of carboxylic acid groups (broad SMARTS) is 2. The number of hydrogen-bond acceptors (Lipinski definition) is 7. The Morgan fingerprint density at radius 2 is 1.85 bits per heavy atom. The minimum absolute atomic E-state index is 0.125. The summed E-state index contributed by atoms with van der Waals surface area (Å²) >= 11 is 7.54. The van der Waals surface area contributed by atoms with Gasteiger partial charge in [-0.3, -0.25) is 0 Å². The number of ether oxygens (including phenoxy) is 1. The number of fused-ring (bicyclic) bond motifs is 1. The smallest absolute Gasteiger partial charge is 0.328 e. The molecular formula is C28H33ClFN3O5S. The number of rotatable bonds is 9. The summed E-state index contributed by atoms with van der Waals surface area (Å²) < 4.78 is 19.1. The Kier molecular flexibility index (Phi) is 12.1. The molecule has 210 valence electrons. The Bertz CT molecular complexity index is 1170. The van der Waals surface area contributed by atoms with Crippen LogP contribution in [-0.2, 0) is 15.3 Å². The second-order valence-electron chi connectivity index (χ2n) is 9.14.